The molecule has 4 nitrogen and oxygen atoms in total. The molecule has 1 aliphatic rings. The van der Waals surface area contributed by atoms with Gasteiger partial charge in [0.05, 0.1) is 20.3 Å². The highest BCUT2D eigenvalue weighted by atomic mass is 16.5. The Kier molecular flexibility index (Phi) is 5.05. The van der Waals surface area contributed by atoms with Gasteiger partial charge in [-0.05, 0) is 25.3 Å². The minimum absolute atomic E-state index is 0.330. The zero-order chi connectivity index (χ0) is 13.7. The topological polar surface area (TPSA) is 39.7 Å². The van der Waals surface area contributed by atoms with Crippen LogP contribution in [-0.2, 0) is 11.3 Å². The summed E-state index contributed by atoms with van der Waals surface area (Å²) in [6, 6.07) is 6.39. The summed E-state index contributed by atoms with van der Waals surface area (Å²) in [6.45, 7) is 0.769. The average Bonchev–Trinajstić information content (AvgIpc) is 2.91. The Bertz CT molecular complexity index is 408. The molecule has 106 valence electrons. The second-order valence-corrected chi connectivity index (χ2v) is 4.85. The van der Waals surface area contributed by atoms with Crippen LogP contribution < -0.4 is 14.8 Å². The zero-order valence-corrected chi connectivity index (χ0v) is 11.9. The molecule has 1 aromatic rings. The van der Waals surface area contributed by atoms with Crippen LogP contribution in [0.1, 0.15) is 24.8 Å². The van der Waals surface area contributed by atoms with Crippen LogP contribution in [0.5, 0.6) is 11.5 Å². The van der Waals surface area contributed by atoms with Crippen molar-refractivity contribution >= 4 is 0 Å². The Morgan fingerprint density at radius 3 is 2.68 bits per heavy atom. The number of benzene rings is 1. The predicted molar refractivity (Wildman–Crippen MR) is 74.8 cm³/mol. The molecule has 0 saturated heterocycles. The summed E-state index contributed by atoms with van der Waals surface area (Å²) in [6.07, 6.45) is 3.87. The van der Waals surface area contributed by atoms with Gasteiger partial charge in [-0.3, -0.25) is 0 Å². The van der Waals surface area contributed by atoms with E-state index >= 15 is 0 Å². The Morgan fingerprint density at radius 2 is 2.00 bits per heavy atom. The van der Waals surface area contributed by atoms with Crippen LogP contribution in [0.2, 0.25) is 0 Å². The fourth-order valence-corrected chi connectivity index (χ4v) is 2.78. The van der Waals surface area contributed by atoms with Crippen LogP contribution in [0, 0.1) is 0 Å². The number of methoxy groups -OCH3 is 3. The van der Waals surface area contributed by atoms with E-state index in [1.165, 1.54) is 12.8 Å². The lowest BCUT2D eigenvalue weighted by atomic mass is 10.1. The minimum Gasteiger partial charge on any atom is -0.493 e. The summed E-state index contributed by atoms with van der Waals surface area (Å²) in [5.41, 5.74) is 1.11. The van der Waals surface area contributed by atoms with E-state index in [-0.39, 0.29) is 0 Å². The van der Waals surface area contributed by atoms with E-state index in [1.54, 1.807) is 21.3 Å². The summed E-state index contributed by atoms with van der Waals surface area (Å²) in [4.78, 5) is 0. The summed E-state index contributed by atoms with van der Waals surface area (Å²) in [5, 5.41) is 3.56. The van der Waals surface area contributed by atoms with Gasteiger partial charge in [0, 0.05) is 25.3 Å². The maximum absolute atomic E-state index is 5.50. The van der Waals surface area contributed by atoms with Gasteiger partial charge in [-0.2, -0.15) is 0 Å². The van der Waals surface area contributed by atoms with Gasteiger partial charge in [0.2, 0.25) is 0 Å². The molecule has 4 heteroatoms. The summed E-state index contributed by atoms with van der Waals surface area (Å²) in [7, 11) is 5.12. The Hall–Kier alpha value is -1.26. The van der Waals surface area contributed by atoms with Crippen molar-refractivity contribution in [3.8, 4) is 11.5 Å². The SMILES string of the molecule is COc1cccc(CNC2CCCC2OC)c1OC. The summed E-state index contributed by atoms with van der Waals surface area (Å²) >= 11 is 0. The van der Waals surface area contributed by atoms with E-state index in [1.807, 2.05) is 12.1 Å². The van der Waals surface area contributed by atoms with Crippen molar-refractivity contribution in [1.29, 1.82) is 0 Å². The largest absolute Gasteiger partial charge is 0.493 e. The van der Waals surface area contributed by atoms with E-state index in [0.29, 0.717) is 12.1 Å². The molecule has 1 N–H and O–H groups in total. The number of hydrogen-bond donors (Lipinski definition) is 1. The fourth-order valence-electron chi connectivity index (χ4n) is 2.78. The lowest BCUT2D eigenvalue weighted by molar-refractivity contribution is 0.0846. The van der Waals surface area contributed by atoms with Crippen molar-refractivity contribution < 1.29 is 14.2 Å². The second kappa shape index (κ2) is 6.78. The summed E-state index contributed by atoms with van der Waals surface area (Å²) in [5.74, 6) is 1.58. The van der Waals surface area contributed by atoms with Crippen LogP contribution in [0.25, 0.3) is 0 Å². The Morgan fingerprint density at radius 1 is 1.16 bits per heavy atom. The van der Waals surface area contributed by atoms with Gasteiger partial charge in [0.15, 0.2) is 11.5 Å². The van der Waals surface area contributed by atoms with Crippen molar-refractivity contribution in [2.45, 2.75) is 38.0 Å². The highest BCUT2D eigenvalue weighted by molar-refractivity contribution is 5.46. The molecule has 0 radical (unpaired) electrons. The molecule has 0 heterocycles. The van der Waals surface area contributed by atoms with Crippen molar-refractivity contribution in [1.82, 2.24) is 5.32 Å². The van der Waals surface area contributed by atoms with Crippen LogP contribution >= 0.6 is 0 Å². The van der Waals surface area contributed by atoms with E-state index < -0.39 is 0 Å². The monoisotopic (exact) mass is 265 g/mol. The molecule has 1 aromatic carbocycles. The smallest absolute Gasteiger partial charge is 0.165 e. The first-order chi connectivity index (χ1) is 9.30. The lowest BCUT2D eigenvalue weighted by Crippen LogP contribution is -2.36. The Balaban J connectivity index is 2.03. The van der Waals surface area contributed by atoms with Gasteiger partial charge in [-0.1, -0.05) is 12.1 Å². The maximum Gasteiger partial charge on any atom is 0.165 e. The predicted octanol–water partition coefficient (Wildman–Crippen LogP) is 2.36. The minimum atomic E-state index is 0.330. The van der Waals surface area contributed by atoms with Crippen LogP contribution in [0.3, 0.4) is 0 Å². The number of para-hydroxylation sites is 1. The highest BCUT2D eigenvalue weighted by Crippen LogP contribution is 2.31. The van der Waals surface area contributed by atoms with Gasteiger partial charge < -0.3 is 19.5 Å². The van der Waals surface area contributed by atoms with Gasteiger partial charge in [0.1, 0.15) is 0 Å². The zero-order valence-electron chi connectivity index (χ0n) is 11.9. The molecule has 2 atom stereocenters. The molecular formula is C15H23NO3. The van der Waals surface area contributed by atoms with Crippen molar-refractivity contribution in [3.63, 3.8) is 0 Å². The fraction of sp³-hybridized carbons (Fsp3) is 0.600. The maximum atomic E-state index is 5.50. The van der Waals surface area contributed by atoms with E-state index in [0.717, 1.165) is 30.0 Å². The molecule has 2 unspecified atom stereocenters. The first-order valence-electron chi connectivity index (χ1n) is 6.76. The van der Waals surface area contributed by atoms with E-state index in [2.05, 4.69) is 11.4 Å². The second-order valence-electron chi connectivity index (χ2n) is 4.85. The lowest BCUT2D eigenvalue weighted by Gasteiger charge is -2.20. The third-order valence-electron chi connectivity index (χ3n) is 3.79. The number of nitrogens with one attached hydrogen (secondary N) is 1. The first-order valence-corrected chi connectivity index (χ1v) is 6.76. The first kappa shape index (κ1) is 14.2. The molecule has 0 aromatic heterocycles. The van der Waals surface area contributed by atoms with Crippen LogP contribution in [0.15, 0.2) is 18.2 Å². The third kappa shape index (κ3) is 3.19. The van der Waals surface area contributed by atoms with Crippen molar-refractivity contribution in [3.05, 3.63) is 23.8 Å². The molecule has 1 aliphatic carbocycles. The van der Waals surface area contributed by atoms with E-state index in [9.17, 15) is 0 Å². The van der Waals surface area contributed by atoms with E-state index in [4.69, 9.17) is 14.2 Å². The van der Waals surface area contributed by atoms with Gasteiger partial charge in [-0.15, -0.1) is 0 Å². The van der Waals surface area contributed by atoms with Crippen LogP contribution in [-0.4, -0.2) is 33.5 Å². The standard InChI is InChI=1S/C15H23NO3/c1-17-13-8-5-7-12(13)16-10-11-6-4-9-14(18-2)15(11)19-3/h4,6,9,12-13,16H,5,7-8,10H2,1-3H3. The molecule has 1 saturated carbocycles. The average molecular weight is 265 g/mol. The van der Waals surface area contributed by atoms with Crippen molar-refractivity contribution in [2.24, 2.45) is 0 Å². The molecule has 0 aliphatic heterocycles. The van der Waals surface area contributed by atoms with Gasteiger partial charge >= 0.3 is 0 Å². The molecular weight excluding hydrogens is 242 g/mol. The molecule has 0 spiro atoms. The number of ether oxygens (including phenoxy) is 3. The van der Waals surface area contributed by atoms with Crippen molar-refractivity contribution in [2.75, 3.05) is 21.3 Å². The molecule has 1 fully saturated rings. The summed E-state index contributed by atoms with van der Waals surface area (Å²) < 4.78 is 16.2. The molecule has 2 rings (SSSR count). The normalized spacial score (nSPS) is 22.5. The molecule has 0 bridgehead atoms. The molecule has 0 amide bonds. The molecule has 19 heavy (non-hydrogen) atoms. The van der Waals surface area contributed by atoms with Crippen LogP contribution in [0.4, 0.5) is 0 Å². The Labute approximate surface area is 115 Å². The van der Waals surface area contributed by atoms with Gasteiger partial charge in [0.25, 0.3) is 0 Å². The van der Waals surface area contributed by atoms with Gasteiger partial charge in [-0.25, -0.2) is 0 Å². The number of hydrogen-bond acceptors (Lipinski definition) is 4. The highest BCUT2D eigenvalue weighted by Gasteiger charge is 2.26. The third-order valence-corrected chi connectivity index (χ3v) is 3.79. The quantitative estimate of drug-likeness (QED) is 0.857. The number of rotatable bonds is 6.